The van der Waals surface area contributed by atoms with Gasteiger partial charge >= 0.3 is 0 Å². The van der Waals surface area contributed by atoms with Gasteiger partial charge in [-0.3, -0.25) is 4.79 Å². The molecule has 2 aromatic rings. The van der Waals surface area contributed by atoms with Gasteiger partial charge in [-0.2, -0.15) is 0 Å². The number of ketones is 1. The van der Waals surface area contributed by atoms with Crippen LogP contribution in [0.15, 0.2) is 42.5 Å². The molecule has 3 heteroatoms. The van der Waals surface area contributed by atoms with E-state index in [1.165, 1.54) is 0 Å². The summed E-state index contributed by atoms with van der Waals surface area (Å²) >= 11 is 5.81. The molecule has 2 nitrogen and oxygen atoms in total. The van der Waals surface area contributed by atoms with Crippen LogP contribution in [0.2, 0.25) is 5.02 Å². The van der Waals surface area contributed by atoms with Gasteiger partial charge in [0.15, 0.2) is 5.78 Å². The normalized spacial score (nSPS) is 10.2. The number of methoxy groups -OCH3 is 1. The Kier molecular flexibility index (Phi) is 3.68. The van der Waals surface area contributed by atoms with Gasteiger partial charge in [-0.25, -0.2) is 0 Å². The van der Waals surface area contributed by atoms with Crippen LogP contribution in [-0.4, -0.2) is 12.9 Å². The Morgan fingerprint density at radius 2 is 1.78 bits per heavy atom. The van der Waals surface area contributed by atoms with Gasteiger partial charge in [0.25, 0.3) is 0 Å². The molecular formula is C15H13ClO2. The van der Waals surface area contributed by atoms with Crippen molar-refractivity contribution in [3.05, 3.63) is 64.2 Å². The van der Waals surface area contributed by atoms with Crippen molar-refractivity contribution in [1.82, 2.24) is 0 Å². The van der Waals surface area contributed by atoms with E-state index in [9.17, 15) is 4.79 Å². The highest BCUT2D eigenvalue weighted by molar-refractivity contribution is 6.30. The van der Waals surface area contributed by atoms with Crippen molar-refractivity contribution in [2.75, 3.05) is 7.11 Å². The number of halogens is 1. The molecule has 0 fully saturated rings. The Labute approximate surface area is 111 Å². The van der Waals surface area contributed by atoms with Crippen LogP contribution in [-0.2, 0) is 0 Å². The predicted molar refractivity (Wildman–Crippen MR) is 72.6 cm³/mol. The second-order valence-electron chi connectivity index (χ2n) is 4.04. The second-order valence-corrected chi connectivity index (χ2v) is 4.48. The maximum Gasteiger partial charge on any atom is 0.196 e. The lowest BCUT2D eigenvalue weighted by Gasteiger charge is -2.08. The molecule has 92 valence electrons. The van der Waals surface area contributed by atoms with Crippen molar-refractivity contribution in [3.8, 4) is 5.75 Å². The third-order valence-corrected chi connectivity index (χ3v) is 2.96. The van der Waals surface area contributed by atoms with E-state index in [-0.39, 0.29) is 5.78 Å². The van der Waals surface area contributed by atoms with Crippen LogP contribution in [0, 0.1) is 6.92 Å². The average Bonchev–Trinajstić information content (AvgIpc) is 2.38. The van der Waals surface area contributed by atoms with Gasteiger partial charge in [-0.15, -0.1) is 0 Å². The molecule has 2 aromatic carbocycles. The number of aryl methyl sites for hydroxylation is 1. The number of ether oxygens (including phenoxy) is 1. The minimum atomic E-state index is -0.0662. The first-order chi connectivity index (χ1) is 8.61. The standard InChI is InChI=1S/C15H13ClO2/c1-10-3-8-13(14(9-10)18-2)15(17)11-4-6-12(16)7-5-11/h3-9H,1-2H3. The topological polar surface area (TPSA) is 26.3 Å². The first-order valence-electron chi connectivity index (χ1n) is 5.56. The number of carbonyl (C=O) groups excluding carboxylic acids is 1. The molecule has 0 heterocycles. The summed E-state index contributed by atoms with van der Waals surface area (Å²) in [5.74, 6) is 0.526. The summed E-state index contributed by atoms with van der Waals surface area (Å²) in [7, 11) is 1.56. The van der Waals surface area contributed by atoms with Gasteiger partial charge in [-0.1, -0.05) is 17.7 Å². The molecule has 0 aliphatic rings. The van der Waals surface area contributed by atoms with Crippen molar-refractivity contribution in [3.63, 3.8) is 0 Å². The highest BCUT2D eigenvalue weighted by Crippen LogP contribution is 2.23. The monoisotopic (exact) mass is 260 g/mol. The van der Waals surface area contributed by atoms with Crippen LogP contribution in [0.3, 0.4) is 0 Å². The minimum Gasteiger partial charge on any atom is -0.496 e. The Bertz CT molecular complexity index is 574. The quantitative estimate of drug-likeness (QED) is 0.783. The third kappa shape index (κ3) is 2.54. The molecular weight excluding hydrogens is 248 g/mol. The van der Waals surface area contributed by atoms with Crippen LogP contribution < -0.4 is 4.74 Å². The van der Waals surface area contributed by atoms with Crippen LogP contribution in [0.1, 0.15) is 21.5 Å². The molecule has 0 aromatic heterocycles. The van der Waals surface area contributed by atoms with E-state index >= 15 is 0 Å². The van der Waals surface area contributed by atoms with E-state index in [2.05, 4.69) is 0 Å². The van der Waals surface area contributed by atoms with Crippen LogP contribution in [0.25, 0.3) is 0 Å². The Hall–Kier alpha value is -1.80. The van der Waals surface area contributed by atoms with E-state index in [1.54, 1.807) is 37.4 Å². The SMILES string of the molecule is COc1cc(C)ccc1C(=O)c1ccc(Cl)cc1. The van der Waals surface area contributed by atoms with Gasteiger partial charge in [0.2, 0.25) is 0 Å². The molecule has 0 aliphatic carbocycles. The second kappa shape index (κ2) is 5.23. The Morgan fingerprint density at radius 3 is 2.39 bits per heavy atom. The molecule has 0 unspecified atom stereocenters. The van der Waals surface area contributed by atoms with E-state index in [0.29, 0.717) is 21.9 Å². The zero-order valence-electron chi connectivity index (χ0n) is 10.2. The molecule has 0 N–H and O–H groups in total. The lowest BCUT2D eigenvalue weighted by Crippen LogP contribution is -2.04. The molecule has 0 spiro atoms. The van der Waals surface area contributed by atoms with Crippen LogP contribution >= 0.6 is 11.6 Å². The lowest BCUT2D eigenvalue weighted by atomic mass is 10.0. The van der Waals surface area contributed by atoms with Crippen molar-refractivity contribution in [2.24, 2.45) is 0 Å². The van der Waals surface area contributed by atoms with Gasteiger partial charge in [-0.05, 0) is 48.9 Å². The maximum atomic E-state index is 12.3. The third-order valence-electron chi connectivity index (χ3n) is 2.71. The molecule has 0 saturated heterocycles. The summed E-state index contributed by atoms with van der Waals surface area (Å²) in [6, 6.07) is 12.4. The zero-order chi connectivity index (χ0) is 13.1. The summed E-state index contributed by atoms with van der Waals surface area (Å²) in [5, 5.41) is 0.613. The summed E-state index contributed by atoms with van der Waals surface area (Å²) in [6.07, 6.45) is 0. The highest BCUT2D eigenvalue weighted by atomic mass is 35.5. The van der Waals surface area contributed by atoms with E-state index in [4.69, 9.17) is 16.3 Å². The molecule has 18 heavy (non-hydrogen) atoms. The van der Waals surface area contributed by atoms with Crippen molar-refractivity contribution >= 4 is 17.4 Å². The number of hydrogen-bond donors (Lipinski definition) is 0. The first-order valence-corrected chi connectivity index (χ1v) is 5.94. The Morgan fingerprint density at radius 1 is 1.11 bits per heavy atom. The molecule has 0 atom stereocenters. The van der Waals surface area contributed by atoms with Crippen molar-refractivity contribution in [2.45, 2.75) is 6.92 Å². The zero-order valence-corrected chi connectivity index (χ0v) is 11.0. The van der Waals surface area contributed by atoms with Gasteiger partial charge in [0.1, 0.15) is 5.75 Å². The van der Waals surface area contributed by atoms with Gasteiger partial charge < -0.3 is 4.74 Å². The molecule has 0 radical (unpaired) electrons. The van der Waals surface area contributed by atoms with E-state index < -0.39 is 0 Å². The van der Waals surface area contributed by atoms with Crippen LogP contribution in [0.4, 0.5) is 0 Å². The van der Waals surface area contributed by atoms with Crippen molar-refractivity contribution in [1.29, 1.82) is 0 Å². The van der Waals surface area contributed by atoms with Crippen molar-refractivity contribution < 1.29 is 9.53 Å². The van der Waals surface area contributed by atoms with Crippen LogP contribution in [0.5, 0.6) is 5.75 Å². The van der Waals surface area contributed by atoms with E-state index in [1.807, 2.05) is 19.1 Å². The van der Waals surface area contributed by atoms with Gasteiger partial charge in [0.05, 0.1) is 12.7 Å². The summed E-state index contributed by atoms with van der Waals surface area (Å²) in [6.45, 7) is 1.96. The number of hydrogen-bond acceptors (Lipinski definition) is 2. The molecule has 0 aliphatic heterocycles. The summed E-state index contributed by atoms with van der Waals surface area (Å²) in [4.78, 5) is 12.3. The smallest absolute Gasteiger partial charge is 0.196 e. The highest BCUT2D eigenvalue weighted by Gasteiger charge is 2.14. The fourth-order valence-corrected chi connectivity index (χ4v) is 1.87. The number of benzene rings is 2. The fraction of sp³-hybridized carbons (Fsp3) is 0.133. The predicted octanol–water partition coefficient (Wildman–Crippen LogP) is 3.89. The lowest BCUT2D eigenvalue weighted by molar-refractivity contribution is 0.103. The van der Waals surface area contributed by atoms with E-state index in [0.717, 1.165) is 5.56 Å². The molecule has 0 saturated carbocycles. The summed E-state index contributed by atoms with van der Waals surface area (Å²) < 4.78 is 5.25. The number of carbonyl (C=O) groups is 1. The summed E-state index contributed by atoms with van der Waals surface area (Å²) in [5.41, 5.74) is 2.21. The molecule has 0 bridgehead atoms. The molecule has 0 amide bonds. The minimum absolute atomic E-state index is 0.0662. The first kappa shape index (κ1) is 12.7. The van der Waals surface area contributed by atoms with Gasteiger partial charge in [0, 0.05) is 10.6 Å². The average molecular weight is 261 g/mol. The largest absolute Gasteiger partial charge is 0.496 e. The molecule has 2 rings (SSSR count). The number of rotatable bonds is 3. The maximum absolute atomic E-state index is 12.3. The Balaban J connectivity index is 2.42. The fourth-order valence-electron chi connectivity index (χ4n) is 1.74.